The highest BCUT2D eigenvalue weighted by Crippen LogP contribution is 2.26. The monoisotopic (exact) mass is 370 g/mol. The first-order valence-corrected chi connectivity index (χ1v) is 10.7. The molecule has 2 atom stereocenters. The Kier molecular flexibility index (Phi) is 16.7. The van der Waals surface area contributed by atoms with E-state index in [4.69, 9.17) is 4.74 Å². The summed E-state index contributed by atoms with van der Waals surface area (Å²) in [5.41, 5.74) is 0. The van der Waals surface area contributed by atoms with Gasteiger partial charge < -0.3 is 9.47 Å². The maximum absolute atomic E-state index is 11.8. The number of rotatable bonds is 17. The molecule has 0 aliphatic rings. The zero-order valence-electron chi connectivity index (χ0n) is 17.7. The summed E-state index contributed by atoms with van der Waals surface area (Å²) in [7, 11) is 2.95. The highest BCUT2D eigenvalue weighted by Gasteiger charge is 2.25. The van der Waals surface area contributed by atoms with Crippen LogP contribution in [0.1, 0.15) is 104 Å². The maximum atomic E-state index is 11.8. The van der Waals surface area contributed by atoms with Crippen molar-refractivity contribution in [3.63, 3.8) is 0 Å². The van der Waals surface area contributed by atoms with Gasteiger partial charge in [-0.2, -0.15) is 0 Å². The first-order valence-electron chi connectivity index (χ1n) is 10.7. The van der Waals surface area contributed by atoms with E-state index in [9.17, 15) is 9.59 Å². The molecule has 0 aliphatic heterocycles. The number of carbonyl (C=O) groups excluding carboxylic acids is 2. The minimum absolute atomic E-state index is 0.0362. The van der Waals surface area contributed by atoms with Crippen LogP contribution in [0.4, 0.5) is 0 Å². The number of esters is 2. The fourth-order valence-electron chi connectivity index (χ4n) is 3.73. The van der Waals surface area contributed by atoms with Gasteiger partial charge in [-0.3, -0.25) is 9.59 Å². The van der Waals surface area contributed by atoms with Gasteiger partial charge in [0.15, 0.2) is 0 Å². The number of ether oxygens (including phenoxy) is 2. The zero-order chi connectivity index (χ0) is 19.6. The van der Waals surface area contributed by atoms with Gasteiger partial charge in [-0.05, 0) is 25.2 Å². The summed E-state index contributed by atoms with van der Waals surface area (Å²) in [6.45, 7) is 4.27. The predicted octanol–water partition coefficient (Wildman–Crippen LogP) is 6.07. The lowest BCUT2D eigenvalue weighted by Gasteiger charge is -2.22. The van der Waals surface area contributed by atoms with E-state index in [1.54, 1.807) is 0 Å². The quantitative estimate of drug-likeness (QED) is 0.230. The number of carbonyl (C=O) groups is 2. The van der Waals surface area contributed by atoms with Crippen molar-refractivity contribution in [2.24, 2.45) is 11.8 Å². The predicted molar refractivity (Wildman–Crippen MR) is 107 cm³/mol. The molecule has 4 nitrogen and oxygen atoms in total. The summed E-state index contributed by atoms with van der Waals surface area (Å²) in [5, 5.41) is 0. The summed E-state index contributed by atoms with van der Waals surface area (Å²) in [5.74, 6) is 0.416. The fourth-order valence-corrected chi connectivity index (χ4v) is 3.73. The van der Waals surface area contributed by atoms with Crippen molar-refractivity contribution in [1.29, 1.82) is 0 Å². The summed E-state index contributed by atoms with van der Waals surface area (Å²) >= 11 is 0. The van der Waals surface area contributed by atoms with Gasteiger partial charge in [0.05, 0.1) is 20.1 Å². The first-order chi connectivity index (χ1) is 12.6. The molecule has 26 heavy (non-hydrogen) atoms. The highest BCUT2D eigenvalue weighted by molar-refractivity contribution is 5.72. The summed E-state index contributed by atoms with van der Waals surface area (Å²) < 4.78 is 9.59. The molecule has 0 rings (SSSR count). The van der Waals surface area contributed by atoms with Gasteiger partial charge in [0.2, 0.25) is 0 Å². The topological polar surface area (TPSA) is 52.6 Å². The van der Waals surface area contributed by atoms with E-state index in [2.05, 4.69) is 18.6 Å². The maximum Gasteiger partial charge on any atom is 0.308 e. The van der Waals surface area contributed by atoms with Gasteiger partial charge in [0.1, 0.15) is 0 Å². The van der Waals surface area contributed by atoms with E-state index in [1.807, 2.05) is 0 Å². The molecule has 0 aromatic heterocycles. The van der Waals surface area contributed by atoms with Crippen LogP contribution in [0.3, 0.4) is 0 Å². The molecule has 0 N–H and O–H groups in total. The second kappa shape index (κ2) is 17.4. The van der Waals surface area contributed by atoms with E-state index in [0.29, 0.717) is 12.3 Å². The lowest BCUT2D eigenvalue weighted by atomic mass is 9.84. The molecule has 0 radical (unpaired) electrons. The van der Waals surface area contributed by atoms with Crippen LogP contribution in [-0.2, 0) is 19.1 Å². The molecule has 154 valence electrons. The van der Waals surface area contributed by atoms with E-state index in [-0.39, 0.29) is 17.9 Å². The summed E-state index contributed by atoms with van der Waals surface area (Å²) in [6.07, 6.45) is 15.9. The lowest BCUT2D eigenvalue weighted by molar-refractivity contribution is -0.147. The van der Waals surface area contributed by atoms with Crippen LogP contribution in [0.5, 0.6) is 0 Å². The van der Waals surface area contributed by atoms with Crippen LogP contribution in [0.25, 0.3) is 0 Å². The third kappa shape index (κ3) is 12.3. The van der Waals surface area contributed by atoms with Crippen molar-refractivity contribution in [2.45, 2.75) is 104 Å². The van der Waals surface area contributed by atoms with Gasteiger partial charge in [0, 0.05) is 6.42 Å². The zero-order valence-corrected chi connectivity index (χ0v) is 17.7. The summed E-state index contributed by atoms with van der Waals surface area (Å²) in [4.78, 5) is 22.8. The van der Waals surface area contributed by atoms with Crippen molar-refractivity contribution < 1.29 is 19.1 Å². The molecule has 0 fully saturated rings. The molecule has 2 unspecified atom stereocenters. The average molecular weight is 371 g/mol. The van der Waals surface area contributed by atoms with Gasteiger partial charge in [0.25, 0.3) is 0 Å². The standard InChI is InChI=1S/C22H42O4/c1-5-19(20(6-2)22(24)26-4)17-15-13-11-9-7-8-10-12-14-16-18-21(23)25-3/h19-20H,5-18H2,1-4H3. The number of methoxy groups -OCH3 is 2. The third-order valence-electron chi connectivity index (χ3n) is 5.47. The van der Waals surface area contributed by atoms with Crippen molar-refractivity contribution >= 4 is 11.9 Å². The van der Waals surface area contributed by atoms with Gasteiger partial charge in [-0.25, -0.2) is 0 Å². The minimum Gasteiger partial charge on any atom is -0.469 e. The van der Waals surface area contributed by atoms with E-state index in [0.717, 1.165) is 32.1 Å². The normalized spacial score (nSPS) is 13.2. The molecule has 4 heteroatoms. The molecule has 0 saturated carbocycles. The van der Waals surface area contributed by atoms with Crippen LogP contribution in [0, 0.1) is 11.8 Å². The smallest absolute Gasteiger partial charge is 0.308 e. The van der Waals surface area contributed by atoms with Crippen LogP contribution < -0.4 is 0 Å². The molecule has 0 heterocycles. The number of hydrogen-bond donors (Lipinski definition) is 0. The van der Waals surface area contributed by atoms with Crippen LogP contribution in [0.15, 0.2) is 0 Å². The Hall–Kier alpha value is -1.06. The van der Waals surface area contributed by atoms with Crippen molar-refractivity contribution in [3.05, 3.63) is 0 Å². The van der Waals surface area contributed by atoms with E-state index < -0.39 is 0 Å². The van der Waals surface area contributed by atoms with Crippen molar-refractivity contribution in [1.82, 2.24) is 0 Å². The first kappa shape index (κ1) is 24.9. The molecule has 0 aliphatic carbocycles. The largest absolute Gasteiger partial charge is 0.469 e. The molecular formula is C22H42O4. The van der Waals surface area contributed by atoms with Crippen LogP contribution in [0.2, 0.25) is 0 Å². The Balaban J connectivity index is 3.54. The van der Waals surface area contributed by atoms with E-state index in [1.165, 1.54) is 65.6 Å². The van der Waals surface area contributed by atoms with E-state index >= 15 is 0 Å². The fraction of sp³-hybridized carbons (Fsp3) is 0.909. The Labute approximate surface area is 161 Å². The van der Waals surface area contributed by atoms with Crippen LogP contribution in [-0.4, -0.2) is 26.2 Å². The molecule has 0 aromatic carbocycles. The molecule has 0 amide bonds. The lowest BCUT2D eigenvalue weighted by Crippen LogP contribution is -2.24. The third-order valence-corrected chi connectivity index (χ3v) is 5.47. The molecule has 0 bridgehead atoms. The highest BCUT2D eigenvalue weighted by atomic mass is 16.5. The average Bonchev–Trinajstić information content (AvgIpc) is 2.67. The second-order valence-corrected chi connectivity index (χ2v) is 7.36. The molecule has 0 spiro atoms. The molecular weight excluding hydrogens is 328 g/mol. The SMILES string of the molecule is CCC(CCCCCCCCCCCCC(=O)OC)C(CC)C(=O)OC. The van der Waals surface area contributed by atoms with Crippen molar-refractivity contribution in [2.75, 3.05) is 14.2 Å². The van der Waals surface area contributed by atoms with Gasteiger partial charge in [-0.1, -0.05) is 78.1 Å². The number of unbranched alkanes of at least 4 members (excludes halogenated alkanes) is 9. The van der Waals surface area contributed by atoms with Crippen LogP contribution >= 0.6 is 0 Å². The number of hydrogen-bond acceptors (Lipinski definition) is 4. The molecule has 0 saturated heterocycles. The Morgan fingerprint density at radius 2 is 1.19 bits per heavy atom. The van der Waals surface area contributed by atoms with Crippen molar-refractivity contribution in [3.8, 4) is 0 Å². The summed E-state index contributed by atoms with van der Waals surface area (Å²) in [6, 6.07) is 0. The molecule has 0 aromatic rings. The Bertz CT molecular complexity index is 354. The minimum atomic E-state index is -0.0906. The second-order valence-electron chi connectivity index (χ2n) is 7.36. The van der Waals surface area contributed by atoms with Gasteiger partial charge >= 0.3 is 11.9 Å². The Morgan fingerprint density at radius 1 is 0.692 bits per heavy atom. The Morgan fingerprint density at radius 3 is 1.62 bits per heavy atom. The van der Waals surface area contributed by atoms with Gasteiger partial charge in [-0.15, -0.1) is 0 Å².